The van der Waals surface area contributed by atoms with Gasteiger partial charge in [-0.05, 0) is 38.5 Å². The van der Waals surface area contributed by atoms with Crippen molar-refractivity contribution in [3.8, 4) is 0 Å². The highest BCUT2D eigenvalue weighted by atomic mass is 16.6. The van der Waals surface area contributed by atoms with Gasteiger partial charge in [-0.25, -0.2) is 0 Å². The molecule has 0 aliphatic carbocycles. The number of rotatable bonds is 34. The molecule has 278 valence electrons. The zero-order valence-electron chi connectivity index (χ0n) is 30.7. The summed E-state index contributed by atoms with van der Waals surface area (Å²) in [6, 6.07) is 0. The number of ether oxygens (including phenoxy) is 2. The minimum atomic E-state index is -1.05. The van der Waals surface area contributed by atoms with E-state index in [2.05, 4.69) is 19.9 Å². The van der Waals surface area contributed by atoms with E-state index < -0.39 is 24.3 Å². The average molecular weight is 677 g/mol. The van der Waals surface area contributed by atoms with Crippen LogP contribution in [0.4, 0.5) is 0 Å². The third-order valence-electron chi connectivity index (χ3n) is 8.26. The summed E-state index contributed by atoms with van der Waals surface area (Å²) in [6.07, 6.45) is 38.0. The van der Waals surface area contributed by atoms with Crippen LogP contribution in [0.3, 0.4) is 0 Å². The van der Waals surface area contributed by atoms with Crippen LogP contribution in [0.2, 0.25) is 0 Å². The van der Waals surface area contributed by atoms with Gasteiger partial charge in [-0.1, -0.05) is 165 Å². The highest BCUT2D eigenvalue weighted by Gasteiger charge is 2.12. The van der Waals surface area contributed by atoms with E-state index >= 15 is 0 Å². The number of esters is 2. The Morgan fingerprint density at radius 3 is 1.48 bits per heavy atom. The smallest absolute Gasteiger partial charge is 0.305 e. The average Bonchev–Trinajstić information content (AvgIpc) is 3.07. The van der Waals surface area contributed by atoms with Crippen LogP contribution in [-0.2, 0) is 19.1 Å². The van der Waals surface area contributed by atoms with E-state index in [-0.39, 0.29) is 25.6 Å². The van der Waals surface area contributed by atoms with Crippen LogP contribution < -0.4 is 0 Å². The Morgan fingerprint density at radius 1 is 0.521 bits per heavy atom. The van der Waals surface area contributed by atoms with Gasteiger partial charge in [0, 0.05) is 12.8 Å². The quantitative estimate of drug-likeness (QED) is 0.0269. The Balaban J connectivity index is 3.70. The maximum absolute atomic E-state index is 12.0. The first-order chi connectivity index (χ1) is 23.4. The lowest BCUT2D eigenvalue weighted by atomic mass is 10.0. The molecule has 0 unspecified atom stereocenters. The van der Waals surface area contributed by atoms with Gasteiger partial charge in [0.2, 0.25) is 0 Å². The van der Waals surface area contributed by atoms with Gasteiger partial charge >= 0.3 is 11.9 Å². The third-order valence-corrected chi connectivity index (χ3v) is 8.26. The fourth-order valence-electron chi connectivity index (χ4n) is 5.22. The summed E-state index contributed by atoms with van der Waals surface area (Å²) in [5.41, 5.74) is 0. The van der Waals surface area contributed by atoms with Crippen molar-refractivity contribution < 1.29 is 34.4 Å². The number of carbonyl (C=O) groups is 2. The van der Waals surface area contributed by atoms with Crippen molar-refractivity contribution in [3.63, 3.8) is 0 Å². The zero-order chi connectivity index (χ0) is 35.3. The van der Waals surface area contributed by atoms with Crippen LogP contribution in [0, 0.1) is 0 Å². The SMILES string of the molecule is CCCCC/C=C\C[C@@H](O)/C=C/C=C/C=C\[C@@H](O)CCCC(=O)OC[C@H](O)COC(=O)CCCCCCCCCCCCCCCCC. The summed E-state index contributed by atoms with van der Waals surface area (Å²) in [6.45, 7) is 4.03. The lowest BCUT2D eigenvalue weighted by Crippen LogP contribution is -2.25. The third kappa shape index (κ3) is 35.1. The molecule has 0 fully saturated rings. The first-order valence-corrected chi connectivity index (χ1v) is 19.4. The second-order valence-electron chi connectivity index (χ2n) is 13.1. The van der Waals surface area contributed by atoms with Crippen LogP contribution in [0.15, 0.2) is 48.6 Å². The molecule has 3 N–H and O–H groups in total. The molecule has 0 aromatic carbocycles. The summed E-state index contributed by atoms with van der Waals surface area (Å²) < 4.78 is 10.2. The first-order valence-electron chi connectivity index (χ1n) is 19.4. The number of hydrogen-bond acceptors (Lipinski definition) is 7. The first kappa shape index (κ1) is 45.8. The highest BCUT2D eigenvalue weighted by molar-refractivity contribution is 5.69. The van der Waals surface area contributed by atoms with Crippen LogP contribution in [0.25, 0.3) is 0 Å². The predicted octanol–water partition coefficient (Wildman–Crippen LogP) is 9.78. The number of hydrogen-bond donors (Lipinski definition) is 3. The van der Waals surface area contributed by atoms with Crippen molar-refractivity contribution in [3.05, 3.63) is 48.6 Å². The van der Waals surface area contributed by atoms with E-state index in [0.717, 1.165) is 25.7 Å². The lowest BCUT2D eigenvalue weighted by molar-refractivity contribution is -0.152. The summed E-state index contributed by atoms with van der Waals surface area (Å²) in [5, 5.41) is 30.0. The van der Waals surface area contributed by atoms with E-state index in [4.69, 9.17) is 9.47 Å². The number of carbonyl (C=O) groups excluding carboxylic acids is 2. The van der Waals surface area contributed by atoms with Gasteiger partial charge in [0.15, 0.2) is 0 Å². The van der Waals surface area contributed by atoms with Crippen molar-refractivity contribution in [2.45, 2.75) is 186 Å². The minimum absolute atomic E-state index is 0.125. The molecule has 0 aliphatic rings. The van der Waals surface area contributed by atoms with E-state index in [0.29, 0.717) is 25.7 Å². The Labute approximate surface area is 294 Å². The fourth-order valence-corrected chi connectivity index (χ4v) is 5.22. The standard InChI is InChI=1S/C41H72O7/c1-3-5-7-9-11-12-13-14-15-16-17-18-19-21-27-33-40(45)47-35-39(44)36-48-41(46)34-28-32-38(43)31-26-23-22-25-30-37(42)29-24-20-10-8-6-4-2/h20,22-26,30-31,37-39,42-44H,3-19,21,27-29,32-36H2,1-2H3/b23-22+,24-20-,30-25+,31-26-/t37-,38-,39-/m1/s1. The molecule has 0 aliphatic heterocycles. The van der Waals surface area contributed by atoms with Crippen LogP contribution >= 0.6 is 0 Å². The van der Waals surface area contributed by atoms with Crippen molar-refractivity contribution in [2.75, 3.05) is 13.2 Å². The van der Waals surface area contributed by atoms with Gasteiger partial charge in [0.1, 0.15) is 19.3 Å². The summed E-state index contributed by atoms with van der Waals surface area (Å²) in [5.74, 6) is -0.796. The number of allylic oxidation sites excluding steroid dienone is 5. The van der Waals surface area contributed by atoms with Gasteiger partial charge in [-0.15, -0.1) is 0 Å². The summed E-state index contributed by atoms with van der Waals surface area (Å²) in [4.78, 5) is 23.9. The zero-order valence-corrected chi connectivity index (χ0v) is 30.7. The molecule has 3 atom stereocenters. The predicted molar refractivity (Wildman–Crippen MR) is 199 cm³/mol. The van der Waals surface area contributed by atoms with E-state index in [1.165, 1.54) is 96.3 Å². The van der Waals surface area contributed by atoms with E-state index in [1.807, 2.05) is 6.08 Å². The van der Waals surface area contributed by atoms with Gasteiger partial charge in [0.05, 0.1) is 12.2 Å². The molecule has 7 nitrogen and oxygen atoms in total. The summed E-state index contributed by atoms with van der Waals surface area (Å²) in [7, 11) is 0. The maximum atomic E-state index is 12.0. The van der Waals surface area contributed by atoms with E-state index in [1.54, 1.807) is 36.5 Å². The largest absolute Gasteiger partial charge is 0.463 e. The van der Waals surface area contributed by atoms with Gasteiger partial charge in [-0.2, -0.15) is 0 Å². The molecule has 0 radical (unpaired) electrons. The molecular formula is C41H72O7. The molecule has 0 aromatic heterocycles. The Bertz CT molecular complexity index is 848. The maximum Gasteiger partial charge on any atom is 0.305 e. The molecule has 0 saturated carbocycles. The number of unbranched alkanes of at least 4 members (excludes halogenated alkanes) is 17. The topological polar surface area (TPSA) is 113 Å². The monoisotopic (exact) mass is 677 g/mol. The molecular weight excluding hydrogens is 604 g/mol. The fraction of sp³-hybridized carbons (Fsp3) is 0.756. The van der Waals surface area contributed by atoms with Gasteiger partial charge in [0.25, 0.3) is 0 Å². The Kier molecular flexibility index (Phi) is 34.4. The van der Waals surface area contributed by atoms with Crippen molar-refractivity contribution in [2.24, 2.45) is 0 Å². The normalized spacial score (nSPS) is 14.0. The van der Waals surface area contributed by atoms with Crippen LogP contribution in [-0.4, -0.2) is 58.8 Å². The van der Waals surface area contributed by atoms with Gasteiger partial charge < -0.3 is 24.8 Å². The Morgan fingerprint density at radius 2 is 0.958 bits per heavy atom. The molecule has 0 saturated heterocycles. The second kappa shape index (κ2) is 36.1. The minimum Gasteiger partial charge on any atom is -0.463 e. The number of aliphatic hydroxyl groups excluding tert-OH is 3. The molecule has 7 heteroatoms. The molecule has 0 heterocycles. The molecule has 0 spiro atoms. The highest BCUT2D eigenvalue weighted by Crippen LogP contribution is 2.14. The lowest BCUT2D eigenvalue weighted by Gasteiger charge is -2.12. The molecule has 48 heavy (non-hydrogen) atoms. The summed E-state index contributed by atoms with van der Waals surface area (Å²) >= 11 is 0. The Hall–Kier alpha value is -2.22. The van der Waals surface area contributed by atoms with Crippen LogP contribution in [0.5, 0.6) is 0 Å². The second-order valence-corrected chi connectivity index (χ2v) is 13.1. The molecule has 0 aromatic rings. The molecule has 0 amide bonds. The van der Waals surface area contributed by atoms with Crippen molar-refractivity contribution in [1.82, 2.24) is 0 Å². The van der Waals surface area contributed by atoms with Gasteiger partial charge in [-0.3, -0.25) is 9.59 Å². The van der Waals surface area contributed by atoms with Crippen LogP contribution in [0.1, 0.15) is 168 Å². The molecule has 0 bridgehead atoms. The number of aliphatic hydroxyl groups is 3. The van der Waals surface area contributed by atoms with E-state index in [9.17, 15) is 24.9 Å². The molecule has 0 rings (SSSR count). The van der Waals surface area contributed by atoms with Crippen molar-refractivity contribution >= 4 is 11.9 Å². The van der Waals surface area contributed by atoms with Crippen molar-refractivity contribution in [1.29, 1.82) is 0 Å².